The van der Waals surface area contributed by atoms with Crippen LogP contribution >= 0.6 is 0 Å². The number of nitrogens with zero attached hydrogens (tertiary/aromatic N) is 1. The van der Waals surface area contributed by atoms with Gasteiger partial charge in [-0.3, -0.25) is 4.98 Å². The molecule has 0 amide bonds. The van der Waals surface area contributed by atoms with Gasteiger partial charge in [0.05, 0.1) is 5.69 Å². The van der Waals surface area contributed by atoms with Crippen LogP contribution in [0.1, 0.15) is 25.0 Å². The monoisotopic (exact) mass is 471 g/mol. The Morgan fingerprint density at radius 3 is 1.89 bits per heavy atom. The molecule has 0 atom stereocenters. The quantitative estimate of drug-likeness (QED) is 0.217. The lowest BCUT2D eigenvalue weighted by Crippen LogP contribution is -2.17. The highest BCUT2D eigenvalue weighted by molar-refractivity contribution is 6.19. The fourth-order valence-corrected chi connectivity index (χ4v) is 6.88. The topological polar surface area (TPSA) is 12.9 Å². The molecule has 0 spiro atoms. The van der Waals surface area contributed by atoms with E-state index in [2.05, 4.69) is 123 Å². The van der Waals surface area contributed by atoms with E-state index in [4.69, 9.17) is 4.98 Å². The van der Waals surface area contributed by atoms with Crippen molar-refractivity contribution in [3.63, 3.8) is 0 Å². The van der Waals surface area contributed by atoms with Crippen LogP contribution in [0.15, 0.2) is 115 Å². The molecule has 8 rings (SSSR count). The van der Waals surface area contributed by atoms with E-state index in [1.807, 2.05) is 6.20 Å². The van der Waals surface area contributed by atoms with Gasteiger partial charge >= 0.3 is 0 Å². The van der Waals surface area contributed by atoms with E-state index >= 15 is 0 Å². The van der Waals surface area contributed by atoms with Crippen molar-refractivity contribution in [2.45, 2.75) is 19.3 Å². The first kappa shape index (κ1) is 20.7. The van der Waals surface area contributed by atoms with Gasteiger partial charge in [0.2, 0.25) is 0 Å². The Hall–Kier alpha value is -4.49. The smallest absolute Gasteiger partial charge is 0.0755 e. The average Bonchev–Trinajstić information content (AvgIpc) is 3.19. The molecule has 1 aliphatic carbocycles. The number of benzene rings is 6. The van der Waals surface area contributed by atoms with E-state index in [0.29, 0.717) is 0 Å². The molecule has 7 aromatic rings. The summed E-state index contributed by atoms with van der Waals surface area (Å²) in [6.07, 6.45) is 1.99. The van der Waals surface area contributed by atoms with Gasteiger partial charge in [0, 0.05) is 17.2 Å². The molecule has 6 aromatic carbocycles. The number of hydrogen-bond donors (Lipinski definition) is 0. The molecule has 0 bridgehead atoms. The van der Waals surface area contributed by atoms with E-state index in [1.54, 1.807) is 0 Å². The zero-order chi connectivity index (χ0) is 24.7. The van der Waals surface area contributed by atoms with Gasteiger partial charge in [-0.25, -0.2) is 0 Å². The minimum atomic E-state index is -0.162. The Morgan fingerprint density at radius 2 is 1.03 bits per heavy atom. The maximum absolute atomic E-state index is 5.06. The van der Waals surface area contributed by atoms with Crippen molar-refractivity contribution in [2.75, 3.05) is 0 Å². The van der Waals surface area contributed by atoms with Gasteiger partial charge in [0.25, 0.3) is 0 Å². The van der Waals surface area contributed by atoms with Crippen LogP contribution in [-0.2, 0) is 5.41 Å². The van der Waals surface area contributed by atoms with Crippen LogP contribution in [0, 0.1) is 0 Å². The summed E-state index contributed by atoms with van der Waals surface area (Å²) in [5.41, 5.74) is 7.51. The Balaban J connectivity index is 1.43. The zero-order valence-electron chi connectivity index (χ0n) is 20.9. The average molecular weight is 472 g/mol. The van der Waals surface area contributed by atoms with E-state index in [1.165, 1.54) is 70.9 Å². The van der Waals surface area contributed by atoms with Crippen LogP contribution in [0.2, 0.25) is 0 Å². The lowest BCUT2D eigenvalue weighted by Gasteiger charge is -2.25. The minimum Gasteiger partial charge on any atom is -0.256 e. The Morgan fingerprint density at radius 1 is 0.432 bits per heavy atom. The fraction of sp³-hybridized carbons (Fsp3) is 0.0833. The first-order valence-corrected chi connectivity index (χ1v) is 13.0. The summed E-state index contributed by atoms with van der Waals surface area (Å²) in [6.45, 7) is 4.73. The number of pyridine rings is 1. The second kappa shape index (κ2) is 7.27. The zero-order valence-corrected chi connectivity index (χ0v) is 20.9. The first-order chi connectivity index (χ1) is 18.1. The van der Waals surface area contributed by atoms with Crippen molar-refractivity contribution in [3.8, 4) is 22.4 Å². The fourth-order valence-electron chi connectivity index (χ4n) is 6.88. The highest BCUT2D eigenvalue weighted by Gasteiger charge is 2.39. The lowest BCUT2D eigenvalue weighted by atomic mass is 9.78. The van der Waals surface area contributed by atoms with Crippen LogP contribution in [0.3, 0.4) is 0 Å². The Labute approximate surface area is 216 Å². The van der Waals surface area contributed by atoms with Crippen molar-refractivity contribution in [3.05, 3.63) is 127 Å². The maximum atomic E-state index is 5.06. The maximum Gasteiger partial charge on any atom is 0.0755 e. The molecule has 1 aromatic heterocycles. The number of rotatable bonds is 1. The molecule has 1 nitrogen and oxygen atoms in total. The van der Waals surface area contributed by atoms with Crippen molar-refractivity contribution in [2.24, 2.45) is 0 Å². The van der Waals surface area contributed by atoms with Crippen LogP contribution in [0.25, 0.3) is 65.5 Å². The van der Waals surface area contributed by atoms with Gasteiger partial charge in [0.1, 0.15) is 0 Å². The van der Waals surface area contributed by atoms with Gasteiger partial charge < -0.3 is 0 Å². The summed E-state index contributed by atoms with van der Waals surface area (Å²) in [4.78, 5) is 5.06. The van der Waals surface area contributed by atoms with E-state index in [-0.39, 0.29) is 5.41 Å². The van der Waals surface area contributed by atoms with Crippen LogP contribution in [-0.4, -0.2) is 4.98 Å². The molecule has 0 N–H and O–H groups in total. The molecule has 0 saturated carbocycles. The molecule has 1 heteroatoms. The molecule has 1 aliphatic rings. The van der Waals surface area contributed by atoms with Crippen molar-refractivity contribution >= 4 is 43.1 Å². The third-order valence-electron chi connectivity index (χ3n) is 8.46. The molecular weight excluding hydrogens is 446 g/mol. The number of aromatic nitrogens is 1. The molecule has 0 fully saturated rings. The summed E-state index contributed by atoms with van der Waals surface area (Å²) < 4.78 is 0. The van der Waals surface area contributed by atoms with Crippen LogP contribution < -0.4 is 0 Å². The van der Waals surface area contributed by atoms with E-state index in [0.717, 1.165) is 5.69 Å². The van der Waals surface area contributed by atoms with E-state index in [9.17, 15) is 0 Å². The normalized spacial score (nSPS) is 13.9. The SMILES string of the molecule is CC1(C)c2c(ccnc2-c2cccc3c2ccc2c4ccccc4ccc32)-c2ccc3ccccc3c21. The largest absolute Gasteiger partial charge is 0.256 e. The predicted molar refractivity (Wildman–Crippen MR) is 157 cm³/mol. The van der Waals surface area contributed by atoms with Crippen LogP contribution in [0.4, 0.5) is 0 Å². The third kappa shape index (κ3) is 2.72. The second-order valence-corrected chi connectivity index (χ2v) is 10.8. The molecule has 174 valence electrons. The number of hydrogen-bond acceptors (Lipinski definition) is 1. The molecule has 0 saturated heterocycles. The van der Waals surface area contributed by atoms with Crippen molar-refractivity contribution < 1.29 is 0 Å². The van der Waals surface area contributed by atoms with Gasteiger partial charge in [-0.15, -0.1) is 0 Å². The summed E-state index contributed by atoms with van der Waals surface area (Å²) in [7, 11) is 0. The molecule has 1 heterocycles. The summed E-state index contributed by atoms with van der Waals surface area (Å²) in [5, 5.41) is 10.3. The minimum absolute atomic E-state index is 0.162. The summed E-state index contributed by atoms with van der Waals surface area (Å²) in [6, 6.07) is 40.0. The van der Waals surface area contributed by atoms with Gasteiger partial charge in [-0.05, 0) is 71.4 Å². The Bertz CT molecular complexity index is 2060. The first-order valence-electron chi connectivity index (χ1n) is 13.0. The van der Waals surface area contributed by atoms with Crippen molar-refractivity contribution in [1.82, 2.24) is 4.98 Å². The third-order valence-corrected chi connectivity index (χ3v) is 8.46. The van der Waals surface area contributed by atoms with E-state index < -0.39 is 0 Å². The predicted octanol–water partition coefficient (Wildman–Crippen LogP) is 9.67. The summed E-state index contributed by atoms with van der Waals surface area (Å²) >= 11 is 0. The lowest BCUT2D eigenvalue weighted by molar-refractivity contribution is 0.665. The molecule has 0 radical (unpaired) electrons. The van der Waals surface area contributed by atoms with Gasteiger partial charge in [-0.1, -0.05) is 117 Å². The van der Waals surface area contributed by atoms with Crippen molar-refractivity contribution in [1.29, 1.82) is 0 Å². The van der Waals surface area contributed by atoms with Gasteiger partial charge in [0.15, 0.2) is 0 Å². The second-order valence-electron chi connectivity index (χ2n) is 10.8. The highest BCUT2D eigenvalue weighted by Crippen LogP contribution is 2.54. The summed E-state index contributed by atoms with van der Waals surface area (Å²) in [5.74, 6) is 0. The molecule has 0 unspecified atom stereocenters. The number of fused-ring (bicyclic) bond motifs is 10. The van der Waals surface area contributed by atoms with Gasteiger partial charge in [-0.2, -0.15) is 0 Å². The molecule has 0 aliphatic heterocycles. The standard InChI is InChI=1S/C36H25N/c1-36(2)33-25-11-6-4-9-23(25)15-17-30(33)31-20-21-37-35(34(31)36)32-13-7-12-26-28-16-14-22-8-3-5-10-24(22)27(28)18-19-29(26)32/h3-21H,1-2H3. The van der Waals surface area contributed by atoms with Crippen LogP contribution in [0.5, 0.6) is 0 Å². The molecule has 37 heavy (non-hydrogen) atoms. The highest BCUT2D eigenvalue weighted by atomic mass is 14.7. The Kier molecular flexibility index (Phi) is 4.06. The molecular formula is C36H25N.